The van der Waals surface area contributed by atoms with Gasteiger partial charge in [-0.3, -0.25) is 4.40 Å². The fourth-order valence-corrected chi connectivity index (χ4v) is 1.78. The van der Waals surface area contributed by atoms with E-state index in [1.807, 2.05) is 51.4 Å². The average molecular weight is 253 g/mol. The second kappa shape index (κ2) is 6.46. The predicted octanol–water partition coefficient (Wildman–Crippen LogP) is 2.57. The molecule has 17 heavy (non-hydrogen) atoms. The smallest absolute Gasteiger partial charge is 0.185 e. The van der Waals surface area contributed by atoms with E-state index in [-0.39, 0.29) is 0 Å². The molecule has 0 saturated carbocycles. The van der Waals surface area contributed by atoms with Crippen molar-refractivity contribution in [3.05, 3.63) is 23.7 Å². The van der Waals surface area contributed by atoms with Gasteiger partial charge in [0, 0.05) is 18.3 Å². The number of aryl methyl sites for hydroxylation is 2. The monoisotopic (exact) mass is 253 g/mol. The van der Waals surface area contributed by atoms with Crippen molar-refractivity contribution in [1.29, 1.82) is 0 Å². The number of anilines is 1. The third-order valence-electron chi connectivity index (χ3n) is 2.07. The van der Waals surface area contributed by atoms with Gasteiger partial charge in [-0.1, -0.05) is 13.8 Å². The van der Waals surface area contributed by atoms with Crippen molar-refractivity contribution in [3.63, 3.8) is 0 Å². The van der Waals surface area contributed by atoms with Crippen LogP contribution in [0, 0.1) is 13.8 Å². The second-order valence-electron chi connectivity index (χ2n) is 3.28. The molecule has 5 nitrogen and oxygen atoms in total. The van der Waals surface area contributed by atoms with Gasteiger partial charge in [-0.05, 0) is 32.5 Å². The zero-order chi connectivity index (χ0) is 12.8. The number of hydrogen-bond donors (Lipinski definition) is 2. The molecule has 0 amide bonds. The van der Waals surface area contributed by atoms with Crippen LogP contribution in [0.1, 0.15) is 25.2 Å². The molecule has 6 heteroatoms. The number of rotatable bonds is 3. The maximum Gasteiger partial charge on any atom is 0.185 e. The van der Waals surface area contributed by atoms with Gasteiger partial charge in [-0.25, -0.2) is 4.72 Å². The van der Waals surface area contributed by atoms with E-state index in [1.54, 1.807) is 0 Å². The number of fused-ring (bicyclic) bond motifs is 1. The van der Waals surface area contributed by atoms with Crippen LogP contribution in [0.4, 0.5) is 5.69 Å². The van der Waals surface area contributed by atoms with Crippen molar-refractivity contribution < 1.29 is 0 Å². The highest BCUT2D eigenvalue weighted by Crippen LogP contribution is 2.19. The minimum absolute atomic E-state index is 0.848. The Morgan fingerprint density at radius 3 is 2.59 bits per heavy atom. The first-order valence-electron chi connectivity index (χ1n) is 5.63. The van der Waals surface area contributed by atoms with Crippen molar-refractivity contribution in [2.24, 2.45) is 0 Å². The lowest BCUT2D eigenvalue weighted by atomic mass is 10.3. The molecule has 2 aromatic heterocycles. The Balaban J connectivity index is 0.000000686. The lowest BCUT2D eigenvalue weighted by Crippen LogP contribution is -2.01. The van der Waals surface area contributed by atoms with E-state index in [1.165, 1.54) is 17.7 Å². The Labute approximate surface area is 106 Å². The summed E-state index contributed by atoms with van der Waals surface area (Å²) in [6, 6.07) is 2.05. The van der Waals surface area contributed by atoms with Crippen molar-refractivity contribution in [2.75, 3.05) is 11.8 Å². The molecule has 0 aromatic carbocycles. The summed E-state index contributed by atoms with van der Waals surface area (Å²) >= 11 is 1.41. The molecule has 0 radical (unpaired) electrons. The van der Waals surface area contributed by atoms with Crippen LogP contribution in [-0.2, 0) is 0 Å². The van der Waals surface area contributed by atoms with Crippen LogP contribution in [0.5, 0.6) is 0 Å². The Morgan fingerprint density at radius 1 is 1.24 bits per heavy atom. The van der Waals surface area contributed by atoms with Gasteiger partial charge in [0.2, 0.25) is 0 Å². The summed E-state index contributed by atoms with van der Waals surface area (Å²) in [4.78, 5) is 0. The molecule has 2 rings (SSSR count). The summed E-state index contributed by atoms with van der Waals surface area (Å²) < 4.78 is 8.11. The van der Waals surface area contributed by atoms with E-state index in [0.29, 0.717) is 0 Å². The van der Waals surface area contributed by atoms with Crippen LogP contribution in [-0.4, -0.2) is 21.6 Å². The van der Waals surface area contributed by atoms with Gasteiger partial charge in [-0.2, -0.15) is 0 Å². The van der Waals surface area contributed by atoms with Crippen LogP contribution in [0.25, 0.3) is 5.65 Å². The Hall–Kier alpha value is -1.27. The number of nitrogens with one attached hydrogen (secondary N) is 2. The van der Waals surface area contributed by atoms with Gasteiger partial charge < -0.3 is 4.72 Å². The molecular formula is C11H19N5S. The lowest BCUT2D eigenvalue weighted by molar-refractivity contribution is 1.00. The van der Waals surface area contributed by atoms with Gasteiger partial charge in [0.05, 0.1) is 5.69 Å². The summed E-state index contributed by atoms with van der Waals surface area (Å²) in [5, 5.41) is 8.17. The predicted molar refractivity (Wildman–Crippen MR) is 74.1 cm³/mol. The Kier molecular flexibility index (Phi) is 5.24. The van der Waals surface area contributed by atoms with Crippen molar-refractivity contribution in [3.8, 4) is 0 Å². The zero-order valence-electron chi connectivity index (χ0n) is 10.9. The van der Waals surface area contributed by atoms with Gasteiger partial charge in [0.15, 0.2) is 5.65 Å². The minimum atomic E-state index is 0.848. The first-order valence-corrected chi connectivity index (χ1v) is 6.44. The van der Waals surface area contributed by atoms with E-state index in [9.17, 15) is 0 Å². The molecule has 2 aromatic rings. The SMILES string of the molecule is CC.CNSNc1cc(C)cn2c(C)nnc12. The minimum Gasteiger partial charge on any atom is -0.313 e. The van der Waals surface area contributed by atoms with Gasteiger partial charge in [0.25, 0.3) is 0 Å². The largest absolute Gasteiger partial charge is 0.313 e. The quantitative estimate of drug-likeness (QED) is 0.823. The Morgan fingerprint density at radius 2 is 1.94 bits per heavy atom. The molecule has 0 bridgehead atoms. The Bertz CT molecular complexity index is 480. The fourth-order valence-electron chi connectivity index (χ4n) is 1.42. The molecule has 0 aliphatic heterocycles. The van der Waals surface area contributed by atoms with E-state index in [0.717, 1.165) is 17.2 Å². The van der Waals surface area contributed by atoms with Crippen LogP contribution in [0.3, 0.4) is 0 Å². The molecule has 0 fully saturated rings. The molecule has 2 N–H and O–H groups in total. The number of aromatic nitrogens is 3. The van der Waals surface area contributed by atoms with Crippen LogP contribution < -0.4 is 9.44 Å². The van der Waals surface area contributed by atoms with Crippen molar-refractivity contribution in [2.45, 2.75) is 27.7 Å². The molecule has 0 spiro atoms. The molecule has 94 valence electrons. The van der Waals surface area contributed by atoms with Gasteiger partial charge in [-0.15, -0.1) is 10.2 Å². The van der Waals surface area contributed by atoms with Crippen molar-refractivity contribution in [1.82, 2.24) is 19.3 Å². The van der Waals surface area contributed by atoms with E-state index in [4.69, 9.17) is 0 Å². The maximum atomic E-state index is 4.12. The fraction of sp³-hybridized carbons (Fsp3) is 0.455. The molecule has 0 aliphatic carbocycles. The molecular weight excluding hydrogens is 234 g/mol. The summed E-state index contributed by atoms with van der Waals surface area (Å²) in [5.41, 5.74) is 2.99. The maximum absolute atomic E-state index is 4.12. The highest BCUT2D eigenvalue weighted by atomic mass is 32.2. The van der Waals surface area contributed by atoms with E-state index < -0.39 is 0 Å². The first-order chi connectivity index (χ1) is 8.22. The first kappa shape index (κ1) is 13.8. The molecule has 2 heterocycles. The zero-order valence-corrected chi connectivity index (χ0v) is 11.7. The number of nitrogens with zero attached hydrogens (tertiary/aromatic N) is 3. The molecule has 0 aliphatic rings. The van der Waals surface area contributed by atoms with Crippen molar-refractivity contribution >= 4 is 23.5 Å². The van der Waals surface area contributed by atoms with Crippen LogP contribution in [0.2, 0.25) is 0 Å². The van der Waals surface area contributed by atoms with Gasteiger partial charge in [0.1, 0.15) is 5.82 Å². The lowest BCUT2D eigenvalue weighted by Gasteiger charge is -2.06. The van der Waals surface area contributed by atoms with Crippen LogP contribution >= 0.6 is 12.1 Å². The molecule has 0 atom stereocenters. The summed E-state index contributed by atoms with van der Waals surface area (Å²) in [6.07, 6.45) is 2.03. The van der Waals surface area contributed by atoms with E-state index >= 15 is 0 Å². The van der Waals surface area contributed by atoms with Crippen LogP contribution in [0.15, 0.2) is 12.3 Å². The second-order valence-corrected chi connectivity index (χ2v) is 4.10. The molecule has 0 unspecified atom stereocenters. The normalized spacial score (nSPS) is 9.94. The summed E-state index contributed by atoms with van der Waals surface area (Å²) in [6.45, 7) is 7.99. The topological polar surface area (TPSA) is 54.2 Å². The highest BCUT2D eigenvalue weighted by molar-refractivity contribution is 7.98. The third kappa shape index (κ3) is 3.10. The summed E-state index contributed by atoms with van der Waals surface area (Å²) in [7, 11) is 1.86. The summed E-state index contributed by atoms with van der Waals surface area (Å²) in [5.74, 6) is 0.895. The number of hydrogen-bond acceptors (Lipinski definition) is 5. The van der Waals surface area contributed by atoms with E-state index in [2.05, 4.69) is 19.6 Å². The standard InChI is InChI=1S/C9H13N5S.C2H6/c1-6-4-8(13-15-10-3)9-12-11-7(2)14(9)5-6;1-2/h4-5,10,13H,1-3H3;1-2H3. The highest BCUT2D eigenvalue weighted by Gasteiger charge is 2.07. The average Bonchev–Trinajstić information content (AvgIpc) is 2.71. The molecule has 0 saturated heterocycles. The van der Waals surface area contributed by atoms with Gasteiger partial charge >= 0.3 is 0 Å². The number of pyridine rings is 1. The third-order valence-corrected chi connectivity index (χ3v) is 2.60.